The topological polar surface area (TPSA) is 71.4 Å². The molecule has 0 fully saturated rings. The van der Waals surface area contributed by atoms with Crippen LogP contribution in [0.2, 0.25) is 0 Å². The van der Waals surface area contributed by atoms with Gasteiger partial charge in [-0.15, -0.1) is 11.3 Å². The molecule has 3 aromatic rings. The Morgan fingerprint density at radius 2 is 2.21 bits per heavy atom. The minimum absolute atomic E-state index is 0.684. The molecule has 1 aliphatic rings. The van der Waals surface area contributed by atoms with Crippen LogP contribution in [0.1, 0.15) is 35.4 Å². The van der Waals surface area contributed by atoms with Crippen molar-refractivity contribution in [2.45, 2.75) is 46.1 Å². The van der Waals surface area contributed by atoms with Gasteiger partial charge in [0.25, 0.3) is 0 Å². The number of aromatic nitrogens is 5. The Kier molecular flexibility index (Phi) is 4.09. The van der Waals surface area contributed by atoms with E-state index in [1.54, 1.807) is 0 Å². The molecule has 0 amide bonds. The summed E-state index contributed by atoms with van der Waals surface area (Å²) in [5.74, 6) is 2.77. The number of nitrogens with one attached hydrogen (secondary N) is 2. The molecule has 0 bridgehead atoms. The average Bonchev–Trinajstić information content (AvgIpc) is 3.21. The number of nitrogens with zero attached hydrogens (tertiary/aromatic N) is 4. The molecule has 0 atom stereocenters. The second-order valence-corrected chi connectivity index (χ2v) is 7.49. The van der Waals surface area contributed by atoms with Crippen LogP contribution < -0.4 is 5.32 Å². The molecular formula is C16H20N6S2. The molecule has 0 unspecified atom stereocenters. The van der Waals surface area contributed by atoms with E-state index in [2.05, 4.69) is 32.4 Å². The predicted molar refractivity (Wildman–Crippen MR) is 99.5 cm³/mol. The van der Waals surface area contributed by atoms with Crippen LogP contribution in [0.25, 0.3) is 10.2 Å². The summed E-state index contributed by atoms with van der Waals surface area (Å²) in [6, 6.07) is 0. The van der Waals surface area contributed by atoms with Crippen molar-refractivity contribution < 1.29 is 0 Å². The molecule has 4 rings (SSSR count). The highest BCUT2D eigenvalue weighted by atomic mass is 32.1. The summed E-state index contributed by atoms with van der Waals surface area (Å²) in [4.78, 5) is 11.9. The van der Waals surface area contributed by atoms with Gasteiger partial charge in [0.15, 0.2) is 4.77 Å². The summed E-state index contributed by atoms with van der Waals surface area (Å²) >= 11 is 7.07. The van der Waals surface area contributed by atoms with Crippen molar-refractivity contribution >= 4 is 39.6 Å². The van der Waals surface area contributed by atoms with Crippen LogP contribution in [0.15, 0.2) is 0 Å². The Bertz CT molecular complexity index is 952. The normalized spacial score (nSPS) is 13.6. The van der Waals surface area contributed by atoms with Gasteiger partial charge in [-0.2, -0.15) is 5.10 Å². The maximum absolute atomic E-state index is 5.24. The van der Waals surface area contributed by atoms with Crippen molar-refractivity contribution in [1.29, 1.82) is 0 Å². The number of H-pyrrole nitrogens is 1. The number of aryl methyl sites for hydroxylation is 3. The van der Waals surface area contributed by atoms with Gasteiger partial charge in [-0.25, -0.2) is 9.97 Å². The number of fused-ring (bicyclic) bond motifs is 3. The quantitative estimate of drug-likeness (QED) is 0.682. The van der Waals surface area contributed by atoms with Gasteiger partial charge in [0.05, 0.1) is 5.39 Å². The van der Waals surface area contributed by atoms with Gasteiger partial charge < -0.3 is 9.88 Å². The summed E-state index contributed by atoms with van der Waals surface area (Å²) in [7, 11) is 0. The molecule has 0 saturated carbocycles. The third-order valence-corrected chi connectivity index (χ3v) is 5.97. The number of anilines is 1. The van der Waals surface area contributed by atoms with Crippen molar-refractivity contribution in [1.82, 2.24) is 24.7 Å². The van der Waals surface area contributed by atoms with Crippen molar-refractivity contribution in [2.24, 2.45) is 0 Å². The highest BCUT2D eigenvalue weighted by molar-refractivity contribution is 7.71. The van der Waals surface area contributed by atoms with E-state index >= 15 is 0 Å². The fraction of sp³-hybridized carbons (Fsp3) is 0.500. The average molecular weight is 361 g/mol. The van der Waals surface area contributed by atoms with Crippen LogP contribution in [-0.2, 0) is 25.8 Å². The van der Waals surface area contributed by atoms with E-state index in [1.807, 2.05) is 22.8 Å². The molecule has 0 radical (unpaired) electrons. The molecule has 1 aliphatic carbocycles. The summed E-state index contributed by atoms with van der Waals surface area (Å²) < 4.78 is 2.71. The molecule has 3 heterocycles. The van der Waals surface area contributed by atoms with Gasteiger partial charge in [0, 0.05) is 24.4 Å². The molecular weight excluding hydrogens is 340 g/mol. The standard InChI is InChI=1S/C16H20N6S2/c1-3-22-12(20-21-16(22)23)7-8-17-14-13-10-5-4-6-11(10)24-15(13)19-9(2)18-14/h3-8H2,1-2H3,(H,21,23)(H,17,18,19). The lowest BCUT2D eigenvalue weighted by atomic mass is 10.2. The lowest BCUT2D eigenvalue weighted by Gasteiger charge is -2.09. The van der Waals surface area contributed by atoms with Gasteiger partial charge >= 0.3 is 0 Å². The Balaban J connectivity index is 1.59. The van der Waals surface area contributed by atoms with E-state index in [0.717, 1.165) is 48.2 Å². The third kappa shape index (κ3) is 2.63. The first-order valence-electron chi connectivity index (χ1n) is 8.34. The minimum Gasteiger partial charge on any atom is -0.369 e. The monoisotopic (exact) mass is 360 g/mol. The highest BCUT2D eigenvalue weighted by Gasteiger charge is 2.21. The Morgan fingerprint density at radius 3 is 3.04 bits per heavy atom. The second kappa shape index (κ2) is 6.25. The van der Waals surface area contributed by atoms with Gasteiger partial charge in [-0.1, -0.05) is 0 Å². The van der Waals surface area contributed by atoms with Gasteiger partial charge in [-0.3, -0.25) is 5.10 Å². The Hall–Kier alpha value is -1.80. The molecule has 6 nitrogen and oxygen atoms in total. The summed E-state index contributed by atoms with van der Waals surface area (Å²) in [5.41, 5.74) is 1.45. The minimum atomic E-state index is 0.684. The molecule has 0 spiro atoms. The fourth-order valence-electron chi connectivity index (χ4n) is 3.39. The highest BCUT2D eigenvalue weighted by Crippen LogP contribution is 2.39. The summed E-state index contributed by atoms with van der Waals surface area (Å²) in [5, 5.41) is 11.9. The first-order valence-corrected chi connectivity index (χ1v) is 9.56. The van der Waals surface area contributed by atoms with E-state index in [9.17, 15) is 0 Å². The van der Waals surface area contributed by atoms with E-state index < -0.39 is 0 Å². The summed E-state index contributed by atoms with van der Waals surface area (Å²) in [6.45, 7) is 5.64. The molecule has 24 heavy (non-hydrogen) atoms. The zero-order valence-corrected chi connectivity index (χ0v) is 15.5. The van der Waals surface area contributed by atoms with Crippen LogP contribution in [0.3, 0.4) is 0 Å². The zero-order chi connectivity index (χ0) is 16.7. The number of aromatic amines is 1. The van der Waals surface area contributed by atoms with Crippen molar-refractivity contribution in [3.05, 3.63) is 26.9 Å². The molecule has 0 aliphatic heterocycles. The molecule has 0 saturated heterocycles. The third-order valence-electron chi connectivity index (χ3n) is 4.47. The zero-order valence-electron chi connectivity index (χ0n) is 13.8. The largest absolute Gasteiger partial charge is 0.369 e. The lowest BCUT2D eigenvalue weighted by Crippen LogP contribution is -2.12. The number of rotatable bonds is 5. The number of hydrogen-bond acceptors (Lipinski definition) is 6. The summed E-state index contributed by atoms with van der Waals surface area (Å²) in [6.07, 6.45) is 4.37. The molecule has 2 N–H and O–H groups in total. The van der Waals surface area contributed by atoms with E-state index in [-0.39, 0.29) is 0 Å². The van der Waals surface area contributed by atoms with Crippen molar-refractivity contribution in [2.75, 3.05) is 11.9 Å². The van der Waals surface area contributed by atoms with Gasteiger partial charge in [0.1, 0.15) is 22.3 Å². The molecule has 8 heteroatoms. The maximum atomic E-state index is 5.24. The predicted octanol–water partition coefficient (Wildman–Crippen LogP) is 3.42. The van der Waals surface area contributed by atoms with E-state index in [4.69, 9.17) is 12.2 Å². The van der Waals surface area contributed by atoms with E-state index in [1.165, 1.54) is 28.7 Å². The van der Waals surface area contributed by atoms with Gasteiger partial charge in [-0.05, 0) is 50.9 Å². The molecule has 0 aromatic carbocycles. The smallest absolute Gasteiger partial charge is 0.195 e. The lowest BCUT2D eigenvalue weighted by molar-refractivity contribution is 0.690. The second-order valence-electron chi connectivity index (χ2n) is 6.02. The van der Waals surface area contributed by atoms with Gasteiger partial charge in [0.2, 0.25) is 0 Å². The molecule has 3 aromatic heterocycles. The first kappa shape index (κ1) is 15.7. The van der Waals surface area contributed by atoms with Crippen LogP contribution >= 0.6 is 23.6 Å². The first-order chi connectivity index (χ1) is 11.7. The number of hydrogen-bond donors (Lipinski definition) is 2. The van der Waals surface area contributed by atoms with Crippen molar-refractivity contribution in [3.63, 3.8) is 0 Å². The van der Waals surface area contributed by atoms with Crippen LogP contribution in [0.4, 0.5) is 5.82 Å². The fourth-order valence-corrected chi connectivity index (χ4v) is 4.98. The van der Waals surface area contributed by atoms with Crippen LogP contribution in [0.5, 0.6) is 0 Å². The van der Waals surface area contributed by atoms with E-state index in [0.29, 0.717) is 4.77 Å². The Labute approximate surface area is 149 Å². The Morgan fingerprint density at radius 1 is 1.33 bits per heavy atom. The number of thiophene rings is 1. The maximum Gasteiger partial charge on any atom is 0.195 e. The SMILES string of the molecule is CCn1c(CCNc2nc(C)nc3sc4c(c23)CCC4)n[nH]c1=S. The molecule has 126 valence electrons. The van der Waals surface area contributed by atoms with Crippen molar-refractivity contribution in [3.8, 4) is 0 Å². The van der Waals surface area contributed by atoms with Crippen LogP contribution in [0, 0.1) is 11.7 Å². The van der Waals surface area contributed by atoms with Crippen LogP contribution in [-0.4, -0.2) is 31.3 Å².